The molecule has 2 aromatic rings. The Hall–Kier alpha value is -2.28. The van der Waals surface area contributed by atoms with Crippen LogP contribution in [0.15, 0.2) is 36.4 Å². The molecular formula is C19H16Cl3N3O3. The zero-order chi connectivity index (χ0) is 20.6. The lowest BCUT2D eigenvalue weighted by Gasteiger charge is -2.22. The molecule has 0 spiro atoms. The first-order chi connectivity index (χ1) is 13.1. The smallest absolute Gasteiger partial charge is 0.322 e. The van der Waals surface area contributed by atoms with Crippen LogP contribution >= 0.6 is 34.8 Å². The number of carbonyl (C=O) groups excluding carboxylic acids is 3. The second-order valence-corrected chi connectivity index (χ2v) is 7.78. The number of amides is 4. The van der Waals surface area contributed by atoms with Gasteiger partial charge in [0, 0.05) is 5.02 Å². The number of carbonyl (C=O) groups is 3. The van der Waals surface area contributed by atoms with E-state index >= 15 is 0 Å². The predicted molar refractivity (Wildman–Crippen MR) is 109 cm³/mol. The monoisotopic (exact) mass is 439 g/mol. The van der Waals surface area contributed by atoms with Crippen molar-refractivity contribution >= 4 is 58.3 Å². The Morgan fingerprint density at radius 1 is 1.11 bits per heavy atom. The fraction of sp³-hybridized carbons (Fsp3) is 0.211. The molecule has 28 heavy (non-hydrogen) atoms. The highest BCUT2D eigenvalue weighted by atomic mass is 35.5. The van der Waals surface area contributed by atoms with Crippen LogP contribution in [0.2, 0.25) is 15.1 Å². The fourth-order valence-electron chi connectivity index (χ4n) is 2.91. The van der Waals surface area contributed by atoms with E-state index in [1.165, 1.54) is 0 Å². The average Bonchev–Trinajstić information content (AvgIpc) is 2.86. The van der Waals surface area contributed by atoms with Gasteiger partial charge in [-0.05, 0) is 43.2 Å². The topological polar surface area (TPSA) is 78.5 Å². The van der Waals surface area contributed by atoms with Crippen molar-refractivity contribution in [1.82, 2.24) is 10.2 Å². The number of anilines is 1. The van der Waals surface area contributed by atoms with Crippen LogP contribution in [0.3, 0.4) is 0 Å². The normalized spacial score (nSPS) is 19.0. The third-order valence-corrected chi connectivity index (χ3v) is 5.60. The lowest BCUT2D eigenvalue weighted by Crippen LogP contribution is -2.42. The van der Waals surface area contributed by atoms with Gasteiger partial charge >= 0.3 is 6.03 Å². The first-order valence-electron chi connectivity index (χ1n) is 8.28. The van der Waals surface area contributed by atoms with Gasteiger partial charge in [0.15, 0.2) is 0 Å². The lowest BCUT2D eigenvalue weighted by atomic mass is 9.92. The Bertz CT molecular complexity index is 978. The van der Waals surface area contributed by atoms with E-state index in [1.54, 1.807) is 50.2 Å². The van der Waals surface area contributed by atoms with Gasteiger partial charge in [-0.25, -0.2) is 4.79 Å². The van der Waals surface area contributed by atoms with E-state index in [9.17, 15) is 14.4 Å². The van der Waals surface area contributed by atoms with Crippen molar-refractivity contribution < 1.29 is 14.4 Å². The molecule has 3 rings (SSSR count). The van der Waals surface area contributed by atoms with Crippen LogP contribution in [0.5, 0.6) is 0 Å². The fourth-order valence-corrected chi connectivity index (χ4v) is 3.50. The summed E-state index contributed by atoms with van der Waals surface area (Å²) in [5, 5.41) is 6.26. The summed E-state index contributed by atoms with van der Waals surface area (Å²) in [5.74, 6) is -1.14. The maximum Gasteiger partial charge on any atom is 0.325 e. The molecule has 146 valence electrons. The number of imide groups is 1. The number of halogens is 3. The van der Waals surface area contributed by atoms with Crippen molar-refractivity contribution in [3.8, 4) is 0 Å². The minimum atomic E-state index is -1.29. The van der Waals surface area contributed by atoms with Crippen molar-refractivity contribution in [3.63, 3.8) is 0 Å². The van der Waals surface area contributed by atoms with E-state index in [1.807, 2.05) is 0 Å². The molecule has 0 aromatic heterocycles. The summed E-state index contributed by atoms with van der Waals surface area (Å²) < 4.78 is 0. The molecule has 0 saturated carbocycles. The minimum absolute atomic E-state index is 0.237. The van der Waals surface area contributed by atoms with Gasteiger partial charge in [0.1, 0.15) is 12.1 Å². The zero-order valence-corrected chi connectivity index (χ0v) is 17.2. The summed E-state index contributed by atoms with van der Waals surface area (Å²) in [4.78, 5) is 38.5. The molecular weight excluding hydrogens is 425 g/mol. The lowest BCUT2D eigenvalue weighted by molar-refractivity contribution is -0.133. The summed E-state index contributed by atoms with van der Waals surface area (Å²) >= 11 is 18.2. The van der Waals surface area contributed by atoms with Crippen molar-refractivity contribution in [1.29, 1.82) is 0 Å². The second kappa shape index (κ2) is 7.62. The maximum atomic E-state index is 12.9. The van der Waals surface area contributed by atoms with Crippen LogP contribution in [0, 0.1) is 6.92 Å². The molecule has 1 saturated heterocycles. The highest BCUT2D eigenvalue weighted by Gasteiger charge is 2.49. The molecule has 1 heterocycles. The van der Waals surface area contributed by atoms with Crippen LogP contribution in [0.25, 0.3) is 0 Å². The van der Waals surface area contributed by atoms with Crippen LogP contribution in [0.1, 0.15) is 18.1 Å². The van der Waals surface area contributed by atoms with Gasteiger partial charge in [0.2, 0.25) is 5.91 Å². The van der Waals surface area contributed by atoms with Crippen LogP contribution in [0.4, 0.5) is 10.5 Å². The van der Waals surface area contributed by atoms with Crippen LogP contribution < -0.4 is 10.6 Å². The third kappa shape index (κ3) is 3.68. The summed E-state index contributed by atoms with van der Waals surface area (Å²) in [7, 11) is 0. The van der Waals surface area contributed by atoms with Gasteiger partial charge in [-0.1, -0.05) is 53.0 Å². The Kier molecular flexibility index (Phi) is 5.57. The quantitative estimate of drug-likeness (QED) is 0.693. The van der Waals surface area contributed by atoms with Crippen LogP contribution in [-0.4, -0.2) is 29.3 Å². The van der Waals surface area contributed by atoms with Crippen molar-refractivity contribution in [2.45, 2.75) is 19.4 Å². The van der Waals surface area contributed by atoms with Gasteiger partial charge in [-0.2, -0.15) is 0 Å². The first kappa shape index (κ1) is 20.5. The summed E-state index contributed by atoms with van der Waals surface area (Å²) in [6.45, 7) is 2.86. The zero-order valence-electron chi connectivity index (χ0n) is 15.0. The van der Waals surface area contributed by atoms with Gasteiger partial charge in [0.25, 0.3) is 5.91 Å². The molecule has 2 aromatic carbocycles. The largest absolute Gasteiger partial charge is 0.325 e. The molecule has 0 aliphatic carbocycles. The maximum absolute atomic E-state index is 12.9. The number of nitrogens with zero attached hydrogens (tertiary/aromatic N) is 1. The number of rotatable bonds is 4. The van der Waals surface area contributed by atoms with E-state index < -0.39 is 29.9 Å². The summed E-state index contributed by atoms with van der Waals surface area (Å²) in [5.41, 5.74) is 0.232. The number of hydrogen-bond donors (Lipinski definition) is 2. The minimum Gasteiger partial charge on any atom is -0.322 e. The summed E-state index contributed by atoms with van der Waals surface area (Å²) in [6.07, 6.45) is 0. The molecule has 1 unspecified atom stereocenters. The highest BCUT2D eigenvalue weighted by molar-refractivity contribution is 6.40. The number of hydrogen-bond acceptors (Lipinski definition) is 3. The molecule has 6 nitrogen and oxygen atoms in total. The van der Waals surface area contributed by atoms with E-state index in [4.69, 9.17) is 34.8 Å². The molecule has 2 N–H and O–H groups in total. The van der Waals surface area contributed by atoms with Crippen molar-refractivity contribution in [3.05, 3.63) is 62.6 Å². The SMILES string of the molecule is Cc1ccc(Cl)c(NC(=O)CN2C(=O)NC(C)(c3ccc(Cl)cc3)C2=O)c1Cl. The van der Waals surface area contributed by atoms with Gasteiger partial charge in [-0.3, -0.25) is 14.5 Å². The Labute approximate surface area is 176 Å². The van der Waals surface area contributed by atoms with Gasteiger partial charge in [0.05, 0.1) is 15.7 Å². The van der Waals surface area contributed by atoms with Crippen molar-refractivity contribution in [2.75, 3.05) is 11.9 Å². The number of benzene rings is 2. The number of aryl methyl sites for hydroxylation is 1. The first-order valence-corrected chi connectivity index (χ1v) is 9.41. The van der Waals surface area contributed by atoms with Gasteiger partial charge < -0.3 is 10.6 Å². The Balaban J connectivity index is 1.79. The summed E-state index contributed by atoms with van der Waals surface area (Å²) in [6, 6.07) is 9.20. The van der Waals surface area contributed by atoms with Crippen LogP contribution in [-0.2, 0) is 15.1 Å². The molecule has 1 aliphatic heterocycles. The molecule has 1 aliphatic rings. The average molecular weight is 441 g/mol. The molecule has 1 atom stereocenters. The predicted octanol–water partition coefficient (Wildman–Crippen LogP) is 4.36. The highest BCUT2D eigenvalue weighted by Crippen LogP contribution is 2.33. The molecule has 4 amide bonds. The third-order valence-electron chi connectivity index (χ3n) is 4.55. The number of nitrogens with one attached hydrogen (secondary N) is 2. The van der Waals surface area contributed by atoms with E-state index in [2.05, 4.69) is 10.6 Å². The van der Waals surface area contributed by atoms with E-state index in [-0.39, 0.29) is 10.7 Å². The van der Waals surface area contributed by atoms with E-state index in [0.717, 1.165) is 10.5 Å². The van der Waals surface area contributed by atoms with E-state index in [0.29, 0.717) is 15.6 Å². The molecule has 1 fully saturated rings. The second-order valence-electron chi connectivity index (χ2n) is 6.55. The van der Waals surface area contributed by atoms with Gasteiger partial charge in [-0.15, -0.1) is 0 Å². The number of urea groups is 1. The molecule has 0 radical (unpaired) electrons. The standard InChI is InChI=1S/C19H16Cl3N3O3/c1-10-3-8-13(21)16(15(10)22)23-14(26)9-25-17(27)19(2,24-18(25)28)11-4-6-12(20)7-5-11/h3-8H,9H2,1-2H3,(H,23,26)(H,24,28). The molecule has 9 heteroatoms. The Morgan fingerprint density at radius 2 is 1.75 bits per heavy atom. The molecule has 0 bridgehead atoms. The van der Waals surface area contributed by atoms with Crippen molar-refractivity contribution in [2.24, 2.45) is 0 Å². The Morgan fingerprint density at radius 3 is 2.39 bits per heavy atom.